The van der Waals surface area contributed by atoms with E-state index in [1.807, 2.05) is 36.4 Å². The average Bonchev–Trinajstić information content (AvgIpc) is 2.69. The van der Waals surface area contributed by atoms with Gasteiger partial charge in [-0.1, -0.05) is 24.3 Å². The van der Waals surface area contributed by atoms with Crippen LogP contribution in [0.1, 0.15) is 5.69 Å². The molecule has 2 aromatic carbocycles. The normalized spacial score (nSPS) is 10.9. The van der Waals surface area contributed by atoms with Crippen LogP contribution in [-0.2, 0) is 4.65 Å². The van der Waals surface area contributed by atoms with E-state index in [0.29, 0.717) is 28.4 Å². The van der Waals surface area contributed by atoms with Crippen LogP contribution in [0.25, 0.3) is 21.9 Å². The highest BCUT2D eigenvalue weighted by molar-refractivity contribution is 6.33. The van der Waals surface area contributed by atoms with Crippen molar-refractivity contribution in [3.63, 3.8) is 0 Å². The molecule has 2 heterocycles. The van der Waals surface area contributed by atoms with Crippen LogP contribution in [0.5, 0.6) is 11.5 Å². The van der Waals surface area contributed by atoms with E-state index in [1.165, 1.54) is 7.62 Å². The zero-order chi connectivity index (χ0) is 18.8. The van der Waals surface area contributed by atoms with Crippen molar-refractivity contribution in [2.45, 2.75) is 6.92 Å². The molecule has 0 aliphatic rings. The topological polar surface area (TPSA) is 89.1 Å². The largest absolute Gasteiger partial charge is 0.454 e. The summed E-state index contributed by atoms with van der Waals surface area (Å²) in [6.45, 7) is 1.65. The van der Waals surface area contributed by atoms with Crippen LogP contribution < -0.4 is 15.5 Å². The number of anilines is 1. The Balaban J connectivity index is 1.82. The molecule has 4 aromatic rings. The lowest BCUT2D eigenvalue weighted by Crippen LogP contribution is -2.12. The van der Waals surface area contributed by atoms with Gasteiger partial charge in [-0.3, -0.25) is 4.79 Å². The number of H-pyrrole nitrogens is 1. The molecule has 0 spiro atoms. The molecular formula is C19H16BN4O3. The molecule has 0 unspecified atom stereocenters. The van der Waals surface area contributed by atoms with E-state index in [9.17, 15) is 4.79 Å². The Labute approximate surface area is 155 Å². The summed E-state index contributed by atoms with van der Waals surface area (Å²) in [4.78, 5) is 23.0. The zero-order valence-corrected chi connectivity index (χ0v) is 14.8. The molecule has 0 saturated heterocycles. The quantitative estimate of drug-likeness (QED) is 0.532. The number of ether oxygens (including phenoxy) is 1. The molecule has 0 fully saturated rings. The van der Waals surface area contributed by atoms with Crippen molar-refractivity contribution in [2.24, 2.45) is 0 Å². The standard InChI is InChI=1S/C19H16BN4O3/c1-11-19(25)23-18-17(22-11)16(9-10-21-18)27-15-8-7-14(24-20-26-2)12-5-3-4-6-13(12)15/h3-10,24H,1-2H3,(H,21,23,25). The predicted molar refractivity (Wildman–Crippen MR) is 105 cm³/mol. The third-order valence-electron chi connectivity index (χ3n) is 4.16. The van der Waals surface area contributed by atoms with Gasteiger partial charge < -0.3 is 19.6 Å². The van der Waals surface area contributed by atoms with E-state index in [0.717, 1.165) is 16.5 Å². The lowest BCUT2D eigenvalue weighted by Gasteiger charge is -2.13. The number of nitrogens with zero attached hydrogens (tertiary/aromatic N) is 2. The van der Waals surface area contributed by atoms with Crippen molar-refractivity contribution < 1.29 is 9.39 Å². The van der Waals surface area contributed by atoms with Gasteiger partial charge in [0, 0.05) is 35.8 Å². The Hall–Kier alpha value is -3.39. The van der Waals surface area contributed by atoms with Gasteiger partial charge in [-0.15, -0.1) is 0 Å². The molecule has 0 saturated carbocycles. The number of fused-ring (bicyclic) bond motifs is 2. The number of benzene rings is 2. The van der Waals surface area contributed by atoms with Gasteiger partial charge >= 0.3 is 7.62 Å². The Kier molecular flexibility index (Phi) is 4.47. The number of rotatable bonds is 5. The molecule has 2 N–H and O–H groups in total. The zero-order valence-electron chi connectivity index (χ0n) is 14.8. The minimum absolute atomic E-state index is 0.262. The van der Waals surface area contributed by atoms with Crippen LogP contribution in [0, 0.1) is 6.92 Å². The summed E-state index contributed by atoms with van der Waals surface area (Å²) in [6, 6.07) is 13.4. The van der Waals surface area contributed by atoms with Gasteiger partial charge in [0.2, 0.25) is 0 Å². The summed E-state index contributed by atoms with van der Waals surface area (Å²) in [5, 5.41) is 5.02. The van der Waals surface area contributed by atoms with Gasteiger partial charge in [-0.25, -0.2) is 9.97 Å². The summed E-state index contributed by atoms with van der Waals surface area (Å²) >= 11 is 0. The van der Waals surface area contributed by atoms with Crippen molar-refractivity contribution >= 4 is 35.2 Å². The van der Waals surface area contributed by atoms with E-state index >= 15 is 0 Å². The van der Waals surface area contributed by atoms with Crippen molar-refractivity contribution in [2.75, 3.05) is 12.3 Å². The van der Waals surface area contributed by atoms with Gasteiger partial charge in [-0.2, -0.15) is 0 Å². The van der Waals surface area contributed by atoms with E-state index in [1.54, 1.807) is 26.3 Å². The average molecular weight is 359 g/mol. The molecule has 0 aliphatic carbocycles. The van der Waals surface area contributed by atoms with E-state index in [2.05, 4.69) is 20.2 Å². The first-order chi connectivity index (χ1) is 13.2. The summed E-state index contributed by atoms with van der Waals surface area (Å²) in [7, 11) is 3.10. The van der Waals surface area contributed by atoms with Crippen LogP contribution >= 0.6 is 0 Å². The first-order valence-electron chi connectivity index (χ1n) is 8.33. The number of pyridine rings is 1. The van der Waals surface area contributed by atoms with E-state index in [4.69, 9.17) is 9.39 Å². The lowest BCUT2D eigenvalue weighted by atomic mass is 10.1. The monoisotopic (exact) mass is 359 g/mol. The Bertz CT molecular complexity index is 1190. The van der Waals surface area contributed by atoms with Crippen LogP contribution in [0.4, 0.5) is 5.69 Å². The first kappa shape index (κ1) is 17.1. The molecule has 2 aromatic heterocycles. The van der Waals surface area contributed by atoms with Gasteiger partial charge in [0.1, 0.15) is 17.0 Å². The predicted octanol–water partition coefficient (Wildman–Crippen LogP) is 3.16. The molecule has 0 atom stereocenters. The first-order valence-corrected chi connectivity index (χ1v) is 8.33. The summed E-state index contributed by atoms with van der Waals surface area (Å²) in [6.07, 6.45) is 1.58. The minimum atomic E-state index is -0.262. The fourth-order valence-corrected chi connectivity index (χ4v) is 2.86. The second kappa shape index (κ2) is 7.09. The number of hydrogen-bond acceptors (Lipinski definition) is 6. The highest BCUT2D eigenvalue weighted by atomic mass is 16.5. The molecular weight excluding hydrogens is 343 g/mol. The number of aromatic amines is 1. The van der Waals surface area contributed by atoms with Gasteiger partial charge in [0.15, 0.2) is 11.4 Å². The molecule has 4 rings (SSSR count). The van der Waals surface area contributed by atoms with Crippen molar-refractivity contribution in [1.82, 2.24) is 15.0 Å². The molecule has 0 aliphatic heterocycles. The maximum Gasteiger partial charge on any atom is 0.435 e. The van der Waals surface area contributed by atoms with Crippen LogP contribution in [0.15, 0.2) is 53.5 Å². The van der Waals surface area contributed by atoms with Crippen molar-refractivity contribution in [3.8, 4) is 11.5 Å². The van der Waals surface area contributed by atoms with E-state index < -0.39 is 0 Å². The number of hydrogen-bond donors (Lipinski definition) is 2. The molecule has 1 radical (unpaired) electrons. The summed E-state index contributed by atoms with van der Waals surface area (Å²) < 4.78 is 11.1. The Morgan fingerprint density at radius 1 is 1.07 bits per heavy atom. The van der Waals surface area contributed by atoms with E-state index in [-0.39, 0.29) is 5.56 Å². The fourth-order valence-electron chi connectivity index (χ4n) is 2.86. The molecule has 133 valence electrons. The molecule has 7 nitrogen and oxygen atoms in total. The Morgan fingerprint density at radius 3 is 2.70 bits per heavy atom. The molecule has 0 amide bonds. The number of aryl methyl sites for hydroxylation is 1. The van der Waals surface area contributed by atoms with Crippen LogP contribution in [-0.4, -0.2) is 29.7 Å². The SMILES string of the molecule is CO[B]Nc1ccc(Oc2ccnc3[nH]c(=O)c(C)nc23)c2ccccc12. The second-order valence-corrected chi connectivity index (χ2v) is 5.91. The van der Waals surface area contributed by atoms with Gasteiger partial charge in [-0.05, 0) is 19.1 Å². The maximum absolute atomic E-state index is 11.8. The minimum Gasteiger partial charge on any atom is -0.454 e. The van der Waals surface area contributed by atoms with Gasteiger partial charge in [0.25, 0.3) is 5.56 Å². The van der Waals surface area contributed by atoms with Crippen LogP contribution in [0.2, 0.25) is 0 Å². The third-order valence-corrected chi connectivity index (χ3v) is 4.16. The Morgan fingerprint density at radius 2 is 1.89 bits per heavy atom. The second-order valence-electron chi connectivity index (χ2n) is 5.91. The molecule has 27 heavy (non-hydrogen) atoms. The van der Waals surface area contributed by atoms with Crippen molar-refractivity contribution in [1.29, 1.82) is 0 Å². The number of nitrogens with one attached hydrogen (secondary N) is 2. The molecule has 0 bridgehead atoms. The summed E-state index contributed by atoms with van der Waals surface area (Å²) in [5.41, 5.74) is 1.90. The smallest absolute Gasteiger partial charge is 0.435 e. The van der Waals surface area contributed by atoms with Gasteiger partial charge in [0.05, 0.1) is 0 Å². The highest BCUT2D eigenvalue weighted by Crippen LogP contribution is 2.35. The third kappa shape index (κ3) is 3.22. The summed E-state index contributed by atoms with van der Waals surface area (Å²) in [5.74, 6) is 1.19. The highest BCUT2D eigenvalue weighted by Gasteiger charge is 2.12. The van der Waals surface area contributed by atoms with Crippen molar-refractivity contribution in [3.05, 3.63) is 64.7 Å². The fraction of sp³-hybridized carbons (Fsp3) is 0.105. The number of aromatic nitrogens is 3. The maximum atomic E-state index is 11.8. The van der Waals surface area contributed by atoms with Crippen LogP contribution in [0.3, 0.4) is 0 Å². The molecule has 8 heteroatoms. The lowest BCUT2D eigenvalue weighted by molar-refractivity contribution is 0.446.